The van der Waals surface area contributed by atoms with Crippen molar-refractivity contribution in [3.05, 3.63) is 53.7 Å². The maximum Gasteiger partial charge on any atom is 0.289 e. The minimum absolute atomic E-state index is 0.0197. The van der Waals surface area contributed by atoms with Crippen LogP contribution in [0.15, 0.2) is 41.1 Å². The van der Waals surface area contributed by atoms with Gasteiger partial charge in [0.15, 0.2) is 5.76 Å². The lowest BCUT2D eigenvalue weighted by Crippen LogP contribution is -2.41. The van der Waals surface area contributed by atoms with Gasteiger partial charge >= 0.3 is 0 Å². The van der Waals surface area contributed by atoms with Crippen molar-refractivity contribution in [3.8, 4) is 0 Å². The van der Waals surface area contributed by atoms with Crippen LogP contribution in [-0.2, 0) is 17.1 Å². The molecule has 7 heteroatoms. The summed E-state index contributed by atoms with van der Waals surface area (Å²) in [6.45, 7) is 0.885. The number of pyridine rings is 1. The van der Waals surface area contributed by atoms with E-state index in [4.69, 9.17) is 4.42 Å². The average Bonchev–Trinajstić information content (AvgIpc) is 3.24. The first-order valence-electron chi connectivity index (χ1n) is 8.21. The molecule has 2 aromatic rings. The minimum atomic E-state index is -0.169. The summed E-state index contributed by atoms with van der Waals surface area (Å²) < 4.78 is 5.68. The third kappa shape index (κ3) is 4.63. The first-order valence-corrected chi connectivity index (χ1v) is 9.60. The Bertz CT molecular complexity index is 732. The number of nitrogens with zero attached hydrogens (tertiary/aromatic N) is 2. The normalized spacial score (nSPS) is 16.7. The van der Waals surface area contributed by atoms with E-state index in [0.29, 0.717) is 25.3 Å². The molecule has 3 heterocycles. The second-order valence-corrected chi connectivity index (χ2v) is 6.92. The maximum atomic E-state index is 12.9. The van der Waals surface area contributed by atoms with E-state index in [2.05, 4.69) is 10.3 Å². The van der Waals surface area contributed by atoms with Gasteiger partial charge in [-0.05, 0) is 36.4 Å². The van der Waals surface area contributed by atoms with Crippen molar-refractivity contribution >= 4 is 23.6 Å². The number of thioether (sulfide) groups is 1. The van der Waals surface area contributed by atoms with Gasteiger partial charge in [-0.3, -0.25) is 14.6 Å². The number of carbonyl (C=O) groups is 2. The van der Waals surface area contributed by atoms with Gasteiger partial charge in [-0.15, -0.1) is 0 Å². The topological polar surface area (TPSA) is 75.4 Å². The Morgan fingerprint density at radius 1 is 1.44 bits per heavy atom. The van der Waals surface area contributed by atoms with E-state index in [1.807, 2.05) is 24.5 Å². The van der Waals surface area contributed by atoms with Gasteiger partial charge in [0.05, 0.1) is 5.75 Å². The highest BCUT2D eigenvalue weighted by molar-refractivity contribution is 7.97. The predicted molar refractivity (Wildman–Crippen MR) is 96.1 cm³/mol. The molecule has 0 aromatic carbocycles. The molecule has 1 aliphatic heterocycles. The Morgan fingerprint density at radius 3 is 3.00 bits per heavy atom. The molecule has 0 bridgehead atoms. The Kier molecular flexibility index (Phi) is 5.75. The Hall–Kier alpha value is -2.28. The lowest BCUT2D eigenvalue weighted by atomic mass is 10.2. The highest BCUT2D eigenvalue weighted by Gasteiger charge is 2.27. The molecule has 0 spiro atoms. The summed E-state index contributed by atoms with van der Waals surface area (Å²) in [5.41, 5.74) is 0.941. The van der Waals surface area contributed by atoms with E-state index in [0.717, 1.165) is 23.5 Å². The molecule has 1 aliphatic rings. The van der Waals surface area contributed by atoms with Crippen molar-refractivity contribution < 1.29 is 14.0 Å². The van der Waals surface area contributed by atoms with E-state index in [1.165, 1.54) is 0 Å². The predicted octanol–water partition coefficient (Wildman–Crippen LogP) is 2.46. The number of rotatable bonds is 7. The Labute approximate surface area is 151 Å². The lowest BCUT2D eigenvalue weighted by Gasteiger charge is -2.25. The van der Waals surface area contributed by atoms with E-state index < -0.39 is 0 Å². The van der Waals surface area contributed by atoms with Gasteiger partial charge in [0.25, 0.3) is 5.91 Å². The fourth-order valence-corrected chi connectivity index (χ4v) is 3.32. The van der Waals surface area contributed by atoms with Crippen molar-refractivity contribution in [2.75, 3.05) is 12.8 Å². The molecule has 1 N–H and O–H groups in total. The smallest absolute Gasteiger partial charge is 0.289 e. The average molecular weight is 359 g/mol. The molecule has 1 atom stereocenters. The van der Waals surface area contributed by atoms with Crippen LogP contribution in [0.3, 0.4) is 0 Å². The van der Waals surface area contributed by atoms with E-state index in [1.54, 1.807) is 35.1 Å². The molecule has 0 aliphatic carbocycles. The zero-order chi connectivity index (χ0) is 17.6. The van der Waals surface area contributed by atoms with Crippen LogP contribution in [0, 0.1) is 0 Å². The fourth-order valence-electron chi connectivity index (χ4n) is 2.88. The molecule has 0 saturated carbocycles. The standard InChI is InChI=1S/C18H21N3O3S/c1-25-12-15-5-6-16(24-15)18(23)21(10-13-3-2-8-19-9-13)11-14-4-7-17(22)20-14/h2-3,5-6,8-9,14H,4,7,10-12H2,1H3,(H,20,22). The summed E-state index contributed by atoms with van der Waals surface area (Å²) in [5, 5.41) is 2.92. The monoisotopic (exact) mass is 359 g/mol. The van der Waals surface area contributed by atoms with E-state index in [-0.39, 0.29) is 17.9 Å². The van der Waals surface area contributed by atoms with Gasteiger partial charge in [0, 0.05) is 37.9 Å². The van der Waals surface area contributed by atoms with Crippen LogP contribution in [0.25, 0.3) is 0 Å². The fraction of sp³-hybridized carbons (Fsp3) is 0.389. The van der Waals surface area contributed by atoms with Crippen LogP contribution in [0.1, 0.15) is 34.7 Å². The summed E-state index contributed by atoms with van der Waals surface area (Å²) in [6, 6.07) is 7.31. The molecule has 25 heavy (non-hydrogen) atoms. The Morgan fingerprint density at radius 2 is 2.32 bits per heavy atom. The first kappa shape index (κ1) is 17.5. The molecular formula is C18H21N3O3S. The van der Waals surface area contributed by atoms with Gasteiger partial charge in [-0.1, -0.05) is 6.07 Å². The molecule has 1 fully saturated rings. The van der Waals surface area contributed by atoms with Crippen molar-refractivity contribution in [1.82, 2.24) is 15.2 Å². The second-order valence-electron chi connectivity index (χ2n) is 6.05. The van der Waals surface area contributed by atoms with Crippen molar-refractivity contribution in [1.29, 1.82) is 0 Å². The van der Waals surface area contributed by atoms with E-state index in [9.17, 15) is 9.59 Å². The van der Waals surface area contributed by atoms with E-state index >= 15 is 0 Å². The number of carbonyl (C=O) groups excluding carboxylic acids is 2. The highest BCUT2D eigenvalue weighted by Crippen LogP contribution is 2.18. The van der Waals surface area contributed by atoms with Crippen LogP contribution >= 0.6 is 11.8 Å². The SMILES string of the molecule is CSCc1ccc(C(=O)N(Cc2cccnc2)CC2CCC(=O)N2)o1. The summed E-state index contributed by atoms with van der Waals surface area (Å²) in [4.78, 5) is 30.2. The molecule has 1 unspecified atom stereocenters. The largest absolute Gasteiger partial charge is 0.455 e. The third-order valence-electron chi connectivity index (χ3n) is 4.07. The minimum Gasteiger partial charge on any atom is -0.455 e. The number of aromatic nitrogens is 1. The van der Waals surface area contributed by atoms with Crippen LogP contribution in [0.5, 0.6) is 0 Å². The van der Waals surface area contributed by atoms with Gasteiger partial charge in [-0.25, -0.2) is 0 Å². The molecule has 6 nitrogen and oxygen atoms in total. The molecule has 2 amide bonds. The first-order chi connectivity index (χ1) is 12.2. The maximum absolute atomic E-state index is 12.9. The number of hydrogen-bond donors (Lipinski definition) is 1. The zero-order valence-electron chi connectivity index (χ0n) is 14.1. The summed E-state index contributed by atoms with van der Waals surface area (Å²) >= 11 is 1.64. The second kappa shape index (κ2) is 8.20. The van der Waals surface area contributed by atoms with Crippen molar-refractivity contribution in [2.45, 2.75) is 31.2 Å². The van der Waals surface area contributed by atoms with Gasteiger partial charge in [-0.2, -0.15) is 11.8 Å². The quantitative estimate of drug-likeness (QED) is 0.822. The number of nitrogens with one attached hydrogen (secondary N) is 1. The molecule has 0 radical (unpaired) electrons. The molecule has 1 saturated heterocycles. The zero-order valence-corrected chi connectivity index (χ0v) is 14.9. The van der Waals surface area contributed by atoms with Crippen LogP contribution < -0.4 is 5.32 Å². The number of furan rings is 1. The van der Waals surface area contributed by atoms with Crippen molar-refractivity contribution in [2.24, 2.45) is 0 Å². The van der Waals surface area contributed by atoms with Gasteiger partial charge < -0.3 is 14.6 Å². The van der Waals surface area contributed by atoms with Crippen LogP contribution in [0.4, 0.5) is 0 Å². The van der Waals surface area contributed by atoms with Crippen LogP contribution in [-0.4, -0.2) is 40.5 Å². The molecule has 2 aromatic heterocycles. The number of amides is 2. The van der Waals surface area contributed by atoms with Crippen LogP contribution in [0.2, 0.25) is 0 Å². The van der Waals surface area contributed by atoms with Gasteiger partial charge in [0.1, 0.15) is 5.76 Å². The lowest BCUT2D eigenvalue weighted by molar-refractivity contribution is -0.119. The van der Waals surface area contributed by atoms with Gasteiger partial charge in [0.2, 0.25) is 5.91 Å². The number of hydrogen-bond acceptors (Lipinski definition) is 5. The summed E-state index contributed by atoms with van der Waals surface area (Å²) in [6.07, 6.45) is 6.69. The summed E-state index contributed by atoms with van der Waals surface area (Å²) in [5.74, 6) is 1.72. The third-order valence-corrected chi connectivity index (χ3v) is 4.64. The molecule has 3 rings (SSSR count). The van der Waals surface area contributed by atoms with Crippen molar-refractivity contribution in [3.63, 3.8) is 0 Å². The summed E-state index contributed by atoms with van der Waals surface area (Å²) in [7, 11) is 0. The highest BCUT2D eigenvalue weighted by atomic mass is 32.2. The Balaban J connectivity index is 1.76. The molecule has 132 valence electrons. The molecular weight excluding hydrogens is 338 g/mol.